The number of alkyl halides is 3. The number of hydrogen-bond donors (Lipinski definition) is 2. The molecule has 1 aromatic rings. The van der Waals surface area contributed by atoms with E-state index in [0.717, 1.165) is 0 Å². The Bertz CT molecular complexity index is 387. The molecule has 0 aliphatic carbocycles. The molecule has 1 rings (SSSR count). The first-order valence-corrected chi connectivity index (χ1v) is 5.63. The van der Waals surface area contributed by atoms with E-state index < -0.39 is 18.5 Å². The number of nitrogens with two attached hydrogens (primary N) is 1. The first-order valence-electron chi connectivity index (χ1n) is 5.63. The Morgan fingerprint density at radius 3 is 2.42 bits per heavy atom. The molecule has 110 valence electrons. The smallest absolute Gasteiger partial charge is 0.405 e. The molecule has 0 saturated heterocycles. The Labute approximate surface area is 116 Å². The summed E-state index contributed by atoms with van der Waals surface area (Å²) in [7, 11) is 0. The number of halogens is 4. The predicted molar refractivity (Wildman–Crippen MR) is 68.2 cm³/mol. The summed E-state index contributed by atoms with van der Waals surface area (Å²) in [6.07, 6.45) is -4.56. The van der Waals surface area contributed by atoms with Gasteiger partial charge in [-0.3, -0.25) is 0 Å². The van der Waals surface area contributed by atoms with Crippen LogP contribution in [0.4, 0.5) is 13.2 Å². The number of hydrogen-bond acceptors (Lipinski definition) is 3. The molecule has 0 aliphatic heterocycles. The van der Waals surface area contributed by atoms with Crippen molar-refractivity contribution in [1.82, 2.24) is 0 Å². The second-order valence-electron chi connectivity index (χ2n) is 3.97. The third-order valence-electron chi connectivity index (χ3n) is 2.50. The Morgan fingerprint density at radius 2 is 1.89 bits per heavy atom. The molecule has 1 aromatic carbocycles. The fraction of sp³-hybridized carbons (Fsp3) is 0.500. The fourth-order valence-electron chi connectivity index (χ4n) is 1.66. The molecule has 0 aliphatic rings. The van der Waals surface area contributed by atoms with E-state index in [4.69, 9.17) is 5.73 Å². The zero-order valence-electron chi connectivity index (χ0n) is 10.4. The number of aliphatic hydroxyl groups excluding tert-OH is 1. The maximum atomic E-state index is 12.2. The van der Waals surface area contributed by atoms with Gasteiger partial charge in [0.1, 0.15) is 5.75 Å². The minimum atomic E-state index is -4.77. The van der Waals surface area contributed by atoms with Crippen molar-refractivity contribution in [3.05, 3.63) is 29.8 Å². The molecular weight excluding hydrogens is 283 g/mol. The van der Waals surface area contributed by atoms with Crippen molar-refractivity contribution >= 4 is 12.4 Å². The van der Waals surface area contributed by atoms with Gasteiger partial charge in [-0.25, -0.2) is 0 Å². The normalized spacial score (nSPS) is 14.4. The van der Waals surface area contributed by atoms with Gasteiger partial charge in [0.2, 0.25) is 0 Å². The van der Waals surface area contributed by atoms with Crippen LogP contribution in [0.1, 0.15) is 31.4 Å². The molecule has 0 radical (unpaired) electrons. The Kier molecular flexibility index (Phi) is 7.18. The lowest BCUT2D eigenvalue weighted by Gasteiger charge is -2.21. The highest BCUT2D eigenvalue weighted by atomic mass is 35.5. The molecule has 0 spiro atoms. The minimum absolute atomic E-state index is 0. The number of benzene rings is 1. The zero-order valence-corrected chi connectivity index (χ0v) is 11.2. The van der Waals surface area contributed by atoms with Gasteiger partial charge in [0.05, 0.1) is 12.1 Å². The van der Waals surface area contributed by atoms with Crippen LogP contribution in [0.25, 0.3) is 0 Å². The molecule has 0 fully saturated rings. The van der Waals surface area contributed by atoms with Gasteiger partial charge in [0, 0.05) is 5.56 Å². The van der Waals surface area contributed by atoms with E-state index in [-0.39, 0.29) is 23.7 Å². The molecular formula is C12H17ClF3NO2. The standard InChI is InChI=1S/C12H16F3NO2.ClH/c1-2-5-9(17)11(16)8-6-3-4-7-10(8)18-12(13,14)15;/h3-4,6-7,9,11,17H,2,5,16H2,1H3;1H/t9-,11+;/m1./s1. The van der Waals surface area contributed by atoms with Crippen molar-refractivity contribution in [2.45, 2.75) is 38.3 Å². The van der Waals surface area contributed by atoms with Crippen LogP contribution in [0.15, 0.2) is 24.3 Å². The van der Waals surface area contributed by atoms with Gasteiger partial charge in [-0.1, -0.05) is 31.5 Å². The number of rotatable bonds is 5. The van der Waals surface area contributed by atoms with E-state index in [9.17, 15) is 18.3 Å². The van der Waals surface area contributed by atoms with Crippen molar-refractivity contribution < 1.29 is 23.0 Å². The minimum Gasteiger partial charge on any atom is -0.405 e. The van der Waals surface area contributed by atoms with E-state index in [1.165, 1.54) is 18.2 Å². The van der Waals surface area contributed by atoms with Crippen molar-refractivity contribution in [3.63, 3.8) is 0 Å². The molecule has 2 atom stereocenters. The molecule has 0 bridgehead atoms. The third-order valence-corrected chi connectivity index (χ3v) is 2.50. The van der Waals surface area contributed by atoms with Gasteiger partial charge in [0.25, 0.3) is 0 Å². The number of ether oxygens (including phenoxy) is 1. The van der Waals surface area contributed by atoms with Crippen molar-refractivity contribution in [3.8, 4) is 5.75 Å². The molecule has 0 aromatic heterocycles. The summed E-state index contributed by atoms with van der Waals surface area (Å²) >= 11 is 0. The van der Waals surface area contributed by atoms with Crippen LogP contribution in [0.5, 0.6) is 5.75 Å². The maximum absolute atomic E-state index is 12.2. The summed E-state index contributed by atoms with van der Waals surface area (Å²) in [5, 5.41) is 9.73. The third kappa shape index (κ3) is 5.67. The van der Waals surface area contributed by atoms with Crippen LogP contribution in [0, 0.1) is 0 Å². The monoisotopic (exact) mass is 299 g/mol. The van der Waals surface area contributed by atoms with Crippen molar-refractivity contribution in [1.29, 1.82) is 0 Å². The van der Waals surface area contributed by atoms with Gasteiger partial charge in [-0.2, -0.15) is 0 Å². The topological polar surface area (TPSA) is 55.5 Å². The summed E-state index contributed by atoms with van der Waals surface area (Å²) in [4.78, 5) is 0. The average molecular weight is 300 g/mol. The molecule has 3 nitrogen and oxygen atoms in total. The lowest BCUT2D eigenvalue weighted by atomic mass is 9.98. The highest BCUT2D eigenvalue weighted by molar-refractivity contribution is 5.85. The van der Waals surface area contributed by atoms with Crippen LogP contribution in [-0.2, 0) is 0 Å². The van der Waals surface area contributed by atoms with E-state index in [0.29, 0.717) is 12.8 Å². The van der Waals surface area contributed by atoms with E-state index in [1.54, 1.807) is 6.07 Å². The van der Waals surface area contributed by atoms with Gasteiger partial charge >= 0.3 is 6.36 Å². The molecule has 3 N–H and O–H groups in total. The highest BCUT2D eigenvalue weighted by Crippen LogP contribution is 2.31. The molecule has 0 unspecified atom stereocenters. The Balaban J connectivity index is 0.00000324. The van der Waals surface area contributed by atoms with Crippen LogP contribution in [0.2, 0.25) is 0 Å². The average Bonchev–Trinajstić information content (AvgIpc) is 2.27. The van der Waals surface area contributed by atoms with Crippen LogP contribution < -0.4 is 10.5 Å². The molecule has 19 heavy (non-hydrogen) atoms. The fourth-order valence-corrected chi connectivity index (χ4v) is 1.66. The van der Waals surface area contributed by atoms with Crippen molar-refractivity contribution in [2.24, 2.45) is 5.73 Å². The van der Waals surface area contributed by atoms with Gasteiger partial charge in [-0.05, 0) is 12.5 Å². The van der Waals surface area contributed by atoms with Gasteiger partial charge < -0.3 is 15.6 Å². The lowest BCUT2D eigenvalue weighted by molar-refractivity contribution is -0.275. The summed E-state index contributed by atoms with van der Waals surface area (Å²) in [5.41, 5.74) is 5.90. The SMILES string of the molecule is CCC[C@@H](O)[C@@H](N)c1ccccc1OC(F)(F)F.Cl. The van der Waals surface area contributed by atoms with Crippen LogP contribution >= 0.6 is 12.4 Å². The summed E-state index contributed by atoms with van der Waals surface area (Å²) in [6.45, 7) is 1.86. The first kappa shape index (κ1) is 18.0. The summed E-state index contributed by atoms with van der Waals surface area (Å²) in [5.74, 6) is -0.368. The van der Waals surface area contributed by atoms with Gasteiger partial charge in [-0.15, -0.1) is 25.6 Å². The lowest BCUT2D eigenvalue weighted by Crippen LogP contribution is -2.27. The Hall–Kier alpha value is -0.980. The molecule has 7 heteroatoms. The molecule has 0 heterocycles. The highest BCUT2D eigenvalue weighted by Gasteiger charge is 2.33. The molecule has 0 saturated carbocycles. The largest absolute Gasteiger partial charge is 0.573 e. The second-order valence-corrected chi connectivity index (χ2v) is 3.97. The molecule has 0 amide bonds. The first-order chi connectivity index (χ1) is 8.35. The van der Waals surface area contributed by atoms with Crippen LogP contribution in [-0.4, -0.2) is 17.6 Å². The van der Waals surface area contributed by atoms with Gasteiger partial charge in [0.15, 0.2) is 0 Å². The Morgan fingerprint density at radius 1 is 1.32 bits per heavy atom. The number of para-hydroxylation sites is 1. The quantitative estimate of drug-likeness (QED) is 0.878. The summed E-state index contributed by atoms with van der Waals surface area (Å²) in [6, 6.07) is 4.68. The maximum Gasteiger partial charge on any atom is 0.573 e. The zero-order chi connectivity index (χ0) is 13.8. The van der Waals surface area contributed by atoms with Crippen LogP contribution in [0.3, 0.4) is 0 Å². The second kappa shape index (κ2) is 7.57. The predicted octanol–water partition coefficient (Wildman–Crippen LogP) is 3.17. The van der Waals surface area contributed by atoms with E-state index >= 15 is 0 Å². The summed E-state index contributed by atoms with van der Waals surface area (Å²) < 4.78 is 40.5. The van der Waals surface area contributed by atoms with E-state index in [2.05, 4.69) is 4.74 Å². The number of aliphatic hydroxyl groups is 1. The van der Waals surface area contributed by atoms with E-state index in [1.807, 2.05) is 6.92 Å². The van der Waals surface area contributed by atoms with Crippen molar-refractivity contribution in [2.75, 3.05) is 0 Å².